The third-order valence-electron chi connectivity index (χ3n) is 2.78. The molecule has 16 heavy (non-hydrogen) atoms. The minimum absolute atomic E-state index is 0.0448. The van der Waals surface area contributed by atoms with Gasteiger partial charge in [0.05, 0.1) is 19.3 Å². The predicted molar refractivity (Wildman–Crippen MR) is 61.0 cm³/mol. The quantitative estimate of drug-likeness (QED) is 0.782. The molecule has 3 nitrogen and oxygen atoms in total. The summed E-state index contributed by atoms with van der Waals surface area (Å²) in [5.41, 5.74) is 1.20. The first-order valence-electron chi connectivity index (χ1n) is 5.68. The number of ether oxygens (including phenoxy) is 3. The molecule has 0 radical (unpaired) electrons. The van der Waals surface area contributed by atoms with E-state index in [-0.39, 0.29) is 12.4 Å². The Hall–Kier alpha value is -0.900. The third kappa shape index (κ3) is 3.30. The Kier molecular flexibility index (Phi) is 4.34. The van der Waals surface area contributed by atoms with Crippen LogP contribution in [0.1, 0.15) is 18.4 Å². The van der Waals surface area contributed by atoms with Gasteiger partial charge in [-0.05, 0) is 12.0 Å². The van der Waals surface area contributed by atoms with Crippen LogP contribution in [0, 0.1) is 0 Å². The average molecular weight is 222 g/mol. The number of benzene rings is 1. The molecule has 1 aliphatic rings. The molecule has 0 amide bonds. The van der Waals surface area contributed by atoms with Crippen LogP contribution in [0.2, 0.25) is 0 Å². The standard InChI is InChI=1S/C13H18O3/c1-14-13-8-7-12(10-16-13)15-9-11-5-3-2-4-6-11/h2-6,12-13H,7-10H2,1H3/t12-,13-/m0/s1. The molecule has 0 aliphatic carbocycles. The van der Waals surface area contributed by atoms with Crippen LogP contribution in [0.5, 0.6) is 0 Å². The van der Waals surface area contributed by atoms with Crippen molar-refractivity contribution in [3.8, 4) is 0 Å². The molecule has 1 saturated heterocycles. The summed E-state index contributed by atoms with van der Waals surface area (Å²) in [6, 6.07) is 10.2. The highest BCUT2D eigenvalue weighted by atomic mass is 16.7. The van der Waals surface area contributed by atoms with Gasteiger partial charge in [-0.1, -0.05) is 30.3 Å². The number of hydrogen-bond donors (Lipinski definition) is 0. The van der Waals surface area contributed by atoms with Crippen molar-refractivity contribution in [1.82, 2.24) is 0 Å². The van der Waals surface area contributed by atoms with Crippen LogP contribution in [0.4, 0.5) is 0 Å². The minimum Gasteiger partial charge on any atom is -0.371 e. The fraction of sp³-hybridized carbons (Fsp3) is 0.538. The van der Waals surface area contributed by atoms with Crippen molar-refractivity contribution in [3.63, 3.8) is 0 Å². The Bertz CT molecular complexity index is 291. The molecule has 1 heterocycles. The molecule has 2 atom stereocenters. The van der Waals surface area contributed by atoms with E-state index in [1.165, 1.54) is 5.56 Å². The second-order valence-electron chi connectivity index (χ2n) is 3.99. The average Bonchev–Trinajstić information content (AvgIpc) is 2.38. The lowest BCUT2D eigenvalue weighted by atomic mass is 10.1. The van der Waals surface area contributed by atoms with E-state index in [2.05, 4.69) is 12.1 Å². The molecule has 1 aromatic rings. The Morgan fingerprint density at radius 3 is 2.69 bits per heavy atom. The molecule has 0 N–H and O–H groups in total. The summed E-state index contributed by atoms with van der Waals surface area (Å²) >= 11 is 0. The van der Waals surface area contributed by atoms with Crippen LogP contribution in [-0.2, 0) is 20.8 Å². The monoisotopic (exact) mass is 222 g/mol. The van der Waals surface area contributed by atoms with E-state index < -0.39 is 0 Å². The fourth-order valence-corrected chi connectivity index (χ4v) is 1.81. The first kappa shape index (κ1) is 11.6. The van der Waals surface area contributed by atoms with Gasteiger partial charge >= 0.3 is 0 Å². The number of methoxy groups -OCH3 is 1. The van der Waals surface area contributed by atoms with Crippen LogP contribution in [0.15, 0.2) is 30.3 Å². The molecule has 1 fully saturated rings. The summed E-state index contributed by atoms with van der Waals surface area (Å²) in [6.07, 6.45) is 2.07. The van der Waals surface area contributed by atoms with E-state index in [0.717, 1.165) is 12.8 Å². The van der Waals surface area contributed by atoms with E-state index in [0.29, 0.717) is 13.2 Å². The van der Waals surface area contributed by atoms with Gasteiger partial charge in [-0.2, -0.15) is 0 Å². The molecule has 3 heteroatoms. The van der Waals surface area contributed by atoms with Crippen LogP contribution < -0.4 is 0 Å². The molecule has 0 unspecified atom stereocenters. The minimum atomic E-state index is -0.0448. The van der Waals surface area contributed by atoms with E-state index in [1.807, 2.05) is 18.2 Å². The first-order valence-corrected chi connectivity index (χ1v) is 5.68. The SMILES string of the molecule is CO[C@@H]1CC[C@H](OCc2ccccc2)CO1. The lowest BCUT2D eigenvalue weighted by molar-refractivity contribution is -0.184. The maximum Gasteiger partial charge on any atom is 0.157 e. The Morgan fingerprint density at radius 2 is 2.06 bits per heavy atom. The molecule has 0 bridgehead atoms. The van der Waals surface area contributed by atoms with Crippen molar-refractivity contribution in [2.45, 2.75) is 31.8 Å². The second-order valence-corrected chi connectivity index (χ2v) is 3.99. The molecule has 0 aromatic heterocycles. The first-order chi connectivity index (χ1) is 7.88. The Morgan fingerprint density at radius 1 is 1.25 bits per heavy atom. The van der Waals surface area contributed by atoms with Gasteiger partial charge in [0.2, 0.25) is 0 Å². The molecular formula is C13H18O3. The summed E-state index contributed by atoms with van der Waals surface area (Å²) < 4.78 is 16.4. The molecular weight excluding hydrogens is 204 g/mol. The lowest BCUT2D eigenvalue weighted by Gasteiger charge is -2.28. The summed E-state index contributed by atoms with van der Waals surface area (Å²) in [5, 5.41) is 0. The maximum absolute atomic E-state index is 5.78. The van der Waals surface area contributed by atoms with Crippen LogP contribution >= 0.6 is 0 Å². The largest absolute Gasteiger partial charge is 0.371 e. The highest BCUT2D eigenvalue weighted by Gasteiger charge is 2.21. The van der Waals surface area contributed by atoms with Gasteiger partial charge in [0, 0.05) is 13.5 Å². The Balaban J connectivity index is 1.72. The summed E-state index contributed by atoms with van der Waals surface area (Å²) in [7, 11) is 1.68. The third-order valence-corrected chi connectivity index (χ3v) is 2.78. The van der Waals surface area contributed by atoms with E-state index in [1.54, 1.807) is 7.11 Å². The van der Waals surface area contributed by atoms with E-state index in [9.17, 15) is 0 Å². The zero-order valence-electron chi connectivity index (χ0n) is 9.59. The summed E-state index contributed by atoms with van der Waals surface area (Å²) in [5.74, 6) is 0. The van der Waals surface area contributed by atoms with E-state index in [4.69, 9.17) is 14.2 Å². The smallest absolute Gasteiger partial charge is 0.157 e. The molecule has 0 saturated carbocycles. The van der Waals surface area contributed by atoms with Crippen molar-refractivity contribution in [3.05, 3.63) is 35.9 Å². The van der Waals surface area contributed by atoms with Crippen molar-refractivity contribution in [1.29, 1.82) is 0 Å². The van der Waals surface area contributed by atoms with Gasteiger partial charge in [-0.15, -0.1) is 0 Å². The molecule has 88 valence electrons. The highest BCUT2D eigenvalue weighted by Crippen LogP contribution is 2.17. The van der Waals surface area contributed by atoms with Crippen molar-refractivity contribution >= 4 is 0 Å². The zero-order valence-corrected chi connectivity index (χ0v) is 9.59. The fourth-order valence-electron chi connectivity index (χ4n) is 1.81. The predicted octanol–water partition coefficient (Wildman–Crippen LogP) is 2.35. The van der Waals surface area contributed by atoms with Crippen LogP contribution in [-0.4, -0.2) is 26.1 Å². The van der Waals surface area contributed by atoms with Gasteiger partial charge in [0.25, 0.3) is 0 Å². The summed E-state index contributed by atoms with van der Waals surface area (Å²) in [4.78, 5) is 0. The number of hydrogen-bond acceptors (Lipinski definition) is 3. The normalized spacial score (nSPS) is 25.6. The van der Waals surface area contributed by atoms with Crippen LogP contribution in [0.25, 0.3) is 0 Å². The topological polar surface area (TPSA) is 27.7 Å². The highest BCUT2D eigenvalue weighted by molar-refractivity contribution is 5.13. The van der Waals surface area contributed by atoms with Crippen molar-refractivity contribution in [2.24, 2.45) is 0 Å². The summed E-state index contributed by atoms with van der Waals surface area (Å²) in [6.45, 7) is 1.29. The van der Waals surface area contributed by atoms with Crippen LogP contribution in [0.3, 0.4) is 0 Å². The molecule has 1 aliphatic heterocycles. The van der Waals surface area contributed by atoms with E-state index >= 15 is 0 Å². The zero-order chi connectivity index (χ0) is 11.2. The van der Waals surface area contributed by atoms with Gasteiger partial charge in [-0.25, -0.2) is 0 Å². The maximum atomic E-state index is 5.78. The van der Waals surface area contributed by atoms with Gasteiger partial charge in [0.15, 0.2) is 6.29 Å². The van der Waals surface area contributed by atoms with Crippen molar-refractivity contribution < 1.29 is 14.2 Å². The Labute approximate surface area is 96.3 Å². The lowest BCUT2D eigenvalue weighted by Crippen LogP contribution is -2.32. The van der Waals surface area contributed by atoms with Gasteiger partial charge in [0.1, 0.15) is 0 Å². The molecule has 0 spiro atoms. The molecule has 2 rings (SSSR count). The molecule has 1 aromatic carbocycles. The number of rotatable bonds is 4. The van der Waals surface area contributed by atoms with Crippen molar-refractivity contribution in [2.75, 3.05) is 13.7 Å². The van der Waals surface area contributed by atoms with Gasteiger partial charge < -0.3 is 14.2 Å². The second kappa shape index (κ2) is 5.99. The van der Waals surface area contributed by atoms with Gasteiger partial charge in [-0.3, -0.25) is 0 Å².